The molecule has 0 unspecified atom stereocenters. The van der Waals surface area contributed by atoms with Crippen LogP contribution < -0.4 is 5.32 Å². The van der Waals surface area contributed by atoms with E-state index in [1.54, 1.807) is 6.08 Å². The minimum atomic E-state index is -4.13. The zero-order valence-corrected chi connectivity index (χ0v) is 25.7. The van der Waals surface area contributed by atoms with Crippen molar-refractivity contribution in [2.24, 2.45) is 16.8 Å². The molecular formula is C31H41F3N4O4S. The number of sulfonamides is 1. The van der Waals surface area contributed by atoms with E-state index in [9.17, 15) is 31.2 Å². The Balaban J connectivity index is 1.17. The van der Waals surface area contributed by atoms with Crippen molar-refractivity contribution in [1.82, 2.24) is 14.5 Å². The van der Waals surface area contributed by atoms with Crippen molar-refractivity contribution in [2.75, 3.05) is 19.6 Å². The van der Waals surface area contributed by atoms with E-state index in [-0.39, 0.29) is 56.0 Å². The highest BCUT2D eigenvalue weighted by molar-refractivity contribution is 7.92. The number of benzene rings is 1. The van der Waals surface area contributed by atoms with Crippen LogP contribution in [0.2, 0.25) is 0 Å². The molecule has 3 fully saturated rings. The van der Waals surface area contributed by atoms with Crippen LogP contribution in [0.25, 0.3) is 6.08 Å². The van der Waals surface area contributed by atoms with Gasteiger partial charge in [-0.2, -0.15) is 17.5 Å². The van der Waals surface area contributed by atoms with Gasteiger partial charge in [-0.25, -0.2) is 8.42 Å². The standard InChI is InChI=1S/C31H41F3N4O4S/c1-21-18-24(20-37-14-3-4-27(37)39)19-22(2)26(21)10-17-43(41,42)38-15-12-30(13-16-38)29(40)35-28(36-30)25-7-5-23(6-8-25)9-11-31(32,33)34/h10,17-19,23,25H,3-9,11-16,20H2,1-2H3,(H,35,36,40). The van der Waals surface area contributed by atoms with Gasteiger partial charge in [0, 0.05) is 50.3 Å². The van der Waals surface area contributed by atoms with Crippen LogP contribution >= 0.6 is 0 Å². The number of hydrogen-bond acceptors (Lipinski definition) is 5. The Hall–Kier alpha value is -2.73. The molecule has 1 saturated carbocycles. The Morgan fingerprint density at radius 2 is 1.70 bits per heavy atom. The van der Waals surface area contributed by atoms with Crippen molar-refractivity contribution in [3.8, 4) is 0 Å². The van der Waals surface area contributed by atoms with Gasteiger partial charge in [-0.1, -0.05) is 12.1 Å². The molecule has 8 nitrogen and oxygen atoms in total. The Morgan fingerprint density at radius 1 is 1.05 bits per heavy atom. The van der Waals surface area contributed by atoms with E-state index in [2.05, 4.69) is 5.32 Å². The molecule has 236 valence electrons. The number of piperidine rings is 1. The van der Waals surface area contributed by atoms with E-state index in [0.29, 0.717) is 44.5 Å². The highest BCUT2D eigenvalue weighted by atomic mass is 32.2. The predicted molar refractivity (Wildman–Crippen MR) is 158 cm³/mol. The fourth-order valence-corrected chi connectivity index (χ4v) is 8.20. The maximum Gasteiger partial charge on any atom is 0.389 e. The van der Waals surface area contributed by atoms with Crippen LogP contribution in [0.1, 0.15) is 86.5 Å². The fourth-order valence-electron chi connectivity index (χ4n) is 7.03. The van der Waals surface area contributed by atoms with Gasteiger partial charge in [-0.15, -0.1) is 0 Å². The number of nitrogens with one attached hydrogen (secondary N) is 1. The van der Waals surface area contributed by atoms with E-state index >= 15 is 0 Å². The van der Waals surface area contributed by atoms with E-state index in [0.717, 1.165) is 35.2 Å². The summed E-state index contributed by atoms with van der Waals surface area (Å²) in [4.78, 5) is 31.7. The molecule has 1 aromatic carbocycles. The van der Waals surface area contributed by atoms with Gasteiger partial charge >= 0.3 is 6.18 Å². The van der Waals surface area contributed by atoms with E-state index < -0.39 is 28.2 Å². The third-order valence-corrected chi connectivity index (χ3v) is 11.1. The van der Waals surface area contributed by atoms with Gasteiger partial charge in [0.1, 0.15) is 11.4 Å². The van der Waals surface area contributed by atoms with Gasteiger partial charge in [0.2, 0.25) is 15.9 Å². The normalized spacial score (nSPS) is 25.1. The smallest absolute Gasteiger partial charge is 0.338 e. The lowest BCUT2D eigenvalue weighted by Gasteiger charge is -2.34. The number of carbonyl (C=O) groups is 2. The maximum atomic E-state index is 13.2. The summed E-state index contributed by atoms with van der Waals surface area (Å²) in [6.45, 7) is 5.52. The molecule has 0 aromatic heterocycles. The summed E-state index contributed by atoms with van der Waals surface area (Å²) < 4.78 is 65.7. The summed E-state index contributed by atoms with van der Waals surface area (Å²) in [7, 11) is -3.73. The second-order valence-corrected chi connectivity index (χ2v) is 14.5. The molecule has 3 heterocycles. The first-order valence-corrected chi connectivity index (χ1v) is 16.8. The molecule has 0 radical (unpaired) electrons. The number of nitrogens with zero attached hydrogens (tertiary/aromatic N) is 3. The summed E-state index contributed by atoms with van der Waals surface area (Å²) in [5.74, 6) is 0.618. The molecule has 2 amide bonds. The van der Waals surface area contributed by atoms with Gasteiger partial charge in [0.05, 0.1) is 0 Å². The monoisotopic (exact) mass is 622 g/mol. The molecule has 1 aliphatic carbocycles. The van der Waals surface area contributed by atoms with Crippen molar-refractivity contribution in [3.05, 3.63) is 39.8 Å². The van der Waals surface area contributed by atoms with Crippen molar-refractivity contribution < 1.29 is 31.2 Å². The number of aryl methyl sites for hydroxylation is 2. The van der Waals surface area contributed by atoms with Crippen LogP contribution in [0.15, 0.2) is 22.5 Å². The number of hydrogen-bond donors (Lipinski definition) is 1. The molecular weight excluding hydrogens is 581 g/mol. The zero-order valence-electron chi connectivity index (χ0n) is 24.9. The van der Waals surface area contributed by atoms with Crippen LogP contribution in [0.5, 0.6) is 0 Å². The van der Waals surface area contributed by atoms with Crippen LogP contribution in [0.3, 0.4) is 0 Å². The van der Waals surface area contributed by atoms with Gasteiger partial charge in [-0.05, 0) is 99.5 Å². The van der Waals surface area contributed by atoms with Crippen molar-refractivity contribution >= 4 is 33.7 Å². The summed E-state index contributed by atoms with van der Waals surface area (Å²) in [5, 5.41) is 4.15. The van der Waals surface area contributed by atoms with E-state index in [4.69, 9.17) is 4.99 Å². The van der Waals surface area contributed by atoms with Crippen LogP contribution in [-0.2, 0) is 26.2 Å². The van der Waals surface area contributed by atoms with Crippen molar-refractivity contribution in [3.63, 3.8) is 0 Å². The lowest BCUT2D eigenvalue weighted by molar-refractivity contribution is -0.138. The Kier molecular flexibility index (Phi) is 9.09. The number of likely N-dealkylation sites (tertiary alicyclic amines) is 1. The number of amides is 2. The molecule has 12 heteroatoms. The number of halogens is 3. The average Bonchev–Trinajstić information content (AvgIpc) is 3.49. The zero-order chi connectivity index (χ0) is 31.0. The second-order valence-electron chi connectivity index (χ2n) is 12.7. The predicted octanol–water partition coefficient (Wildman–Crippen LogP) is 5.24. The largest absolute Gasteiger partial charge is 0.389 e. The van der Waals surface area contributed by atoms with Gasteiger partial charge in [0.15, 0.2) is 0 Å². The van der Waals surface area contributed by atoms with Gasteiger partial charge in [0.25, 0.3) is 5.91 Å². The lowest BCUT2D eigenvalue weighted by Crippen LogP contribution is -2.50. The fraction of sp³-hybridized carbons (Fsp3) is 0.645. The number of amidine groups is 1. The first-order chi connectivity index (χ1) is 20.2. The Morgan fingerprint density at radius 3 is 2.28 bits per heavy atom. The lowest BCUT2D eigenvalue weighted by atomic mass is 9.79. The highest BCUT2D eigenvalue weighted by Gasteiger charge is 2.48. The maximum absolute atomic E-state index is 13.2. The third kappa shape index (κ3) is 7.33. The summed E-state index contributed by atoms with van der Waals surface area (Å²) in [6.07, 6.45) is 1.64. The minimum Gasteiger partial charge on any atom is -0.338 e. The molecule has 5 rings (SSSR count). The Labute approximate surface area is 251 Å². The SMILES string of the molecule is Cc1cc(CN2CCCC2=O)cc(C)c1C=CS(=O)(=O)N1CCC2(CC1)N=C(C1CCC(CCC(F)(F)F)CC1)NC2=O. The van der Waals surface area contributed by atoms with Crippen molar-refractivity contribution in [2.45, 2.75) is 96.3 Å². The summed E-state index contributed by atoms with van der Waals surface area (Å²) in [6, 6.07) is 4.00. The number of carbonyl (C=O) groups excluding carboxylic acids is 2. The van der Waals surface area contributed by atoms with Crippen LogP contribution in [0.4, 0.5) is 13.2 Å². The van der Waals surface area contributed by atoms with Crippen molar-refractivity contribution in [1.29, 1.82) is 0 Å². The first kappa shape index (κ1) is 31.7. The molecule has 1 aromatic rings. The number of rotatable bonds is 8. The molecule has 1 spiro atoms. The van der Waals surface area contributed by atoms with Gasteiger partial charge < -0.3 is 10.2 Å². The van der Waals surface area contributed by atoms with Crippen LogP contribution in [-0.4, -0.2) is 66.6 Å². The summed E-state index contributed by atoms with van der Waals surface area (Å²) >= 11 is 0. The molecule has 4 aliphatic rings. The van der Waals surface area contributed by atoms with Gasteiger partial charge in [-0.3, -0.25) is 14.6 Å². The Bertz CT molecular complexity index is 1380. The first-order valence-electron chi connectivity index (χ1n) is 15.3. The van der Waals surface area contributed by atoms with Crippen LogP contribution in [0, 0.1) is 25.7 Å². The molecule has 2 saturated heterocycles. The topological polar surface area (TPSA) is 99.2 Å². The number of aliphatic imine (C=N–C) groups is 1. The van der Waals surface area contributed by atoms with E-state index in [1.807, 2.05) is 30.9 Å². The minimum absolute atomic E-state index is 0.0175. The second kappa shape index (κ2) is 12.3. The molecule has 3 aliphatic heterocycles. The molecule has 43 heavy (non-hydrogen) atoms. The van der Waals surface area contributed by atoms with E-state index in [1.165, 1.54) is 9.71 Å². The summed E-state index contributed by atoms with van der Waals surface area (Å²) in [5.41, 5.74) is 2.73. The average molecular weight is 623 g/mol. The molecule has 0 atom stereocenters. The number of alkyl halides is 3. The molecule has 0 bridgehead atoms. The third-order valence-electron chi connectivity index (χ3n) is 9.58. The highest BCUT2D eigenvalue weighted by Crippen LogP contribution is 2.38. The quantitative estimate of drug-likeness (QED) is 0.429. The molecule has 1 N–H and O–H groups in total.